The first kappa shape index (κ1) is 17.1. The minimum atomic E-state index is -0.868. The molecule has 1 aliphatic carbocycles. The van der Waals surface area contributed by atoms with E-state index in [1.54, 1.807) is 6.20 Å². The van der Waals surface area contributed by atoms with E-state index in [2.05, 4.69) is 10.1 Å². The summed E-state index contributed by atoms with van der Waals surface area (Å²) in [5.74, 6) is 0.604. The van der Waals surface area contributed by atoms with Gasteiger partial charge in [0, 0.05) is 37.4 Å². The van der Waals surface area contributed by atoms with E-state index in [0.29, 0.717) is 25.0 Å². The lowest BCUT2D eigenvalue weighted by atomic mass is 9.81. The number of hydrogen-bond donors (Lipinski definition) is 2. The Hall–Kier alpha value is -3.00. The van der Waals surface area contributed by atoms with E-state index in [1.807, 2.05) is 35.3 Å². The molecule has 2 aliphatic rings. The van der Waals surface area contributed by atoms with E-state index in [9.17, 15) is 9.90 Å². The number of aromatic nitrogens is 4. The van der Waals surface area contributed by atoms with Crippen molar-refractivity contribution in [2.45, 2.75) is 24.8 Å². The molecule has 2 fully saturated rings. The second kappa shape index (κ2) is 6.56. The summed E-state index contributed by atoms with van der Waals surface area (Å²) in [6.45, 7) is 1.29. The van der Waals surface area contributed by atoms with Crippen molar-refractivity contribution in [2.24, 2.45) is 5.92 Å². The molecule has 1 saturated heterocycles. The van der Waals surface area contributed by atoms with Crippen molar-refractivity contribution < 1.29 is 15.0 Å². The van der Waals surface area contributed by atoms with E-state index >= 15 is 0 Å². The summed E-state index contributed by atoms with van der Waals surface area (Å²) in [4.78, 5) is 21.7. The highest BCUT2D eigenvalue weighted by Crippen LogP contribution is 2.37. The van der Waals surface area contributed by atoms with Crippen molar-refractivity contribution in [1.29, 1.82) is 0 Å². The molecule has 2 aromatic heterocycles. The lowest BCUT2D eigenvalue weighted by molar-refractivity contribution is 0.105. The van der Waals surface area contributed by atoms with E-state index in [1.165, 1.54) is 4.90 Å². The normalized spacial score (nSPS) is 22.1. The molecule has 0 unspecified atom stereocenters. The first-order valence-corrected chi connectivity index (χ1v) is 9.50. The van der Waals surface area contributed by atoms with E-state index in [4.69, 9.17) is 10.1 Å². The molecule has 0 atom stereocenters. The van der Waals surface area contributed by atoms with Crippen LogP contribution in [0.25, 0.3) is 22.3 Å². The van der Waals surface area contributed by atoms with E-state index in [-0.39, 0.29) is 12.5 Å². The Balaban J connectivity index is 1.37. The van der Waals surface area contributed by atoms with Gasteiger partial charge in [-0.05, 0) is 36.5 Å². The van der Waals surface area contributed by atoms with Crippen molar-refractivity contribution in [3.63, 3.8) is 0 Å². The van der Waals surface area contributed by atoms with Crippen LogP contribution >= 0.6 is 0 Å². The number of amides is 1. The molecule has 144 valence electrons. The number of carbonyl (C=O) groups is 1. The summed E-state index contributed by atoms with van der Waals surface area (Å²) in [6.07, 6.45) is 6.61. The Labute approximate surface area is 161 Å². The fraction of sp³-hybridized carbons (Fsp3) is 0.400. The van der Waals surface area contributed by atoms with Crippen LogP contribution in [0.4, 0.5) is 4.79 Å². The minimum Gasteiger partial charge on any atom is -0.465 e. The van der Waals surface area contributed by atoms with Crippen LogP contribution in [0.5, 0.6) is 0 Å². The first-order chi connectivity index (χ1) is 13.6. The second-order valence-electron chi connectivity index (χ2n) is 7.77. The zero-order valence-corrected chi connectivity index (χ0v) is 15.3. The number of rotatable bonds is 4. The van der Waals surface area contributed by atoms with Crippen molar-refractivity contribution in [3.8, 4) is 11.3 Å². The minimum absolute atomic E-state index is 0.215. The smallest absolute Gasteiger partial charge is 0.407 e. The van der Waals surface area contributed by atoms with Gasteiger partial charge in [0.25, 0.3) is 0 Å². The van der Waals surface area contributed by atoms with Crippen molar-refractivity contribution in [2.75, 3.05) is 19.7 Å². The first-order valence-electron chi connectivity index (χ1n) is 9.50. The van der Waals surface area contributed by atoms with Gasteiger partial charge in [-0.15, -0.1) is 0 Å². The third kappa shape index (κ3) is 2.90. The van der Waals surface area contributed by atoms with Crippen LogP contribution in [0, 0.1) is 5.92 Å². The average molecular weight is 379 g/mol. The molecule has 0 bridgehead atoms. The molecular formula is C20H21N5O3. The molecule has 3 heterocycles. The van der Waals surface area contributed by atoms with Crippen LogP contribution in [0.3, 0.4) is 0 Å². The number of fused-ring (bicyclic) bond motifs is 1. The SMILES string of the molecule is O=C(O)N1CC(c2ccc3ncc(-c4cnn(C5CC(CO)C5)c4)nc3c2)C1. The fourth-order valence-corrected chi connectivity index (χ4v) is 4.00. The van der Waals surface area contributed by atoms with Gasteiger partial charge in [0.1, 0.15) is 0 Å². The van der Waals surface area contributed by atoms with Crippen LogP contribution in [0.15, 0.2) is 36.8 Å². The van der Waals surface area contributed by atoms with Gasteiger partial charge >= 0.3 is 6.09 Å². The monoisotopic (exact) mass is 379 g/mol. The lowest BCUT2D eigenvalue weighted by Gasteiger charge is -2.37. The maximum atomic E-state index is 11.0. The van der Waals surface area contributed by atoms with Gasteiger partial charge in [0.2, 0.25) is 0 Å². The molecule has 8 nitrogen and oxygen atoms in total. The Bertz CT molecular complexity index is 1040. The maximum absolute atomic E-state index is 11.0. The highest BCUT2D eigenvalue weighted by atomic mass is 16.4. The van der Waals surface area contributed by atoms with Gasteiger partial charge in [-0.3, -0.25) is 9.67 Å². The van der Waals surface area contributed by atoms with Crippen LogP contribution in [0.1, 0.15) is 30.4 Å². The molecule has 5 rings (SSSR count). The summed E-state index contributed by atoms with van der Waals surface area (Å²) in [7, 11) is 0. The number of likely N-dealkylation sites (tertiary alicyclic amines) is 1. The zero-order valence-electron chi connectivity index (χ0n) is 15.3. The van der Waals surface area contributed by atoms with Gasteiger partial charge < -0.3 is 15.1 Å². The zero-order chi connectivity index (χ0) is 19.3. The quantitative estimate of drug-likeness (QED) is 0.722. The van der Waals surface area contributed by atoms with Gasteiger partial charge in [-0.25, -0.2) is 9.78 Å². The van der Waals surface area contributed by atoms with E-state index < -0.39 is 6.09 Å². The van der Waals surface area contributed by atoms with E-state index in [0.717, 1.165) is 40.7 Å². The summed E-state index contributed by atoms with van der Waals surface area (Å²) < 4.78 is 1.96. The molecule has 3 aromatic rings. The molecule has 0 spiro atoms. The summed E-state index contributed by atoms with van der Waals surface area (Å²) in [5.41, 5.74) is 4.42. The molecule has 8 heteroatoms. The van der Waals surface area contributed by atoms with Crippen LogP contribution in [0.2, 0.25) is 0 Å². The van der Waals surface area contributed by atoms with Crippen molar-refractivity contribution >= 4 is 17.1 Å². The van der Waals surface area contributed by atoms with Gasteiger partial charge in [0.15, 0.2) is 0 Å². The number of aliphatic hydroxyl groups is 1. The average Bonchev–Trinajstić information content (AvgIpc) is 3.08. The summed E-state index contributed by atoms with van der Waals surface area (Å²) >= 11 is 0. The van der Waals surface area contributed by atoms with Gasteiger partial charge in [-0.1, -0.05) is 6.07 Å². The molecule has 2 N–H and O–H groups in total. The van der Waals surface area contributed by atoms with Gasteiger partial charge in [-0.2, -0.15) is 5.10 Å². The molecule has 1 saturated carbocycles. The molecule has 0 radical (unpaired) electrons. The molecule has 28 heavy (non-hydrogen) atoms. The number of aliphatic hydroxyl groups excluding tert-OH is 1. The number of nitrogens with zero attached hydrogens (tertiary/aromatic N) is 5. The predicted molar refractivity (Wildman–Crippen MR) is 102 cm³/mol. The Kier molecular flexibility index (Phi) is 4.01. The van der Waals surface area contributed by atoms with Crippen LogP contribution in [-0.4, -0.2) is 60.7 Å². The fourth-order valence-electron chi connectivity index (χ4n) is 4.00. The van der Waals surface area contributed by atoms with Crippen molar-refractivity contribution in [1.82, 2.24) is 24.6 Å². The van der Waals surface area contributed by atoms with Crippen molar-refractivity contribution in [3.05, 3.63) is 42.4 Å². The third-order valence-corrected chi connectivity index (χ3v) is 5.93. The lowest BCUT2D eigenvalue weighted by Crippen LogP contribution is -2.47. The predicted octanol–water partition coefficient (Wildman–Crippen LogP) is 2.51. The van der Waals surface area contributed by atoms with Crippen LogP contribution in [-0.2, 0) is 0 Å². The standard InChI is InChI=1S/C20H21N5O3/c26-11-12-3-16(4-12)25-10-14(6-22-25)19-7-21-17-2-1-13(5-18(17)23-19)15-8-24(9-15)20(27)28/h1-2,5-7,10,12,15-16,26H,3-4,8-9,11H2,(H,27,28). The second-order valence-corrected chi connectivity index (χ2v) is 7.77. The summed E-state index contributed by atoms with van der Waals surface area (Å²) in [6, 6.07) is 6.31. The Morgan fingerprint density at radius 3 is 2.75 bits per heavy atom. The number of hydrogen-bond acceptors (Lipinski definition) is 5. The number of carboxylic acid groups (broad SMARTS) is 1. The highest BCUT2D eigenvalue weighted by Gasteiger charge is 2.32. The Morgan fingerprint density at radius 1 is 1.18 bits per heavy atom. The maximum Gasteiger partial charge on any atom is 0.407 e. The summed E-state index contributed by atoms with van der Waals surface area (Å²) in [5, 5.41) is 22.6. The molecule has 1 aromatic carbocycles. The molecular weight excluding hydrogens is 358 g/mol. The highest BCUT2D eigenvalue weighted by molar-refractivity contribution is 5.78. The van der Waals surface area contributed by atoms with Crippen LogP contribution < -0.4 is 0 Å². The number of benzene rings is 1. The largest absolute Gasteiger partial charge is 0.465 e. The molecule has 1 aliphatic heterocycles. The third-order valence-electron chi connectivity index (χ3n) is 5.93. The molecule has 1 amide bonds. The Morgan fingerprint density at radius 2 is 2.00 bits per heavy atom. The topological polar surface area (TPSA) is 104 Å². The van der Waals surface area contributed by atoms with Gasteiger partial charge in [0.05, 0.1) is 35.2 Å².